The van der Waals surface area contributed by atoms with Crippen molar-refractivity contribution in [2.45, 2.75) is 70.1 Å². The molecule has 1 amide bonds. The average molecular weight is 279 g/mol. The van der Waals surface area contributed by atoms with Crippen molar-refractivity contribution in [3.8, 4) is 0 Å². The van der Waals surface area contributed by atoms with Crippen LogP contribution in [0.15, 0.2) is 0 Å². The van der Waals surface area contributed by atoms with Crippen molar-refractivity contribution < 1.29 is 4.79 Å². The predicted octanol–water partition coefficient (Wildman–Crippen LogP) is 1.81. The molecule has 3 fully saturated rings. The molecular weight excluding hydrogens is 250 g/mol. The van der Waals surface area contributed by atoms with Gasteiger partial charge in [-0.05, 0) is 45.2 Å². The Labute approximate surface area is 122 Å². The van der Waals surface area contributed by atoms with Gasteiger partial charge in [0.25, 0.3) is 0 Å². The third kappa shape index (κ3) is 2.27. The molecule has 2 unspecified atom stereocenters. The largest absolute Gasteiger partial charge is 0.321 e. The van der Waals surface area contributed by atoms with Crippen molar-refractivity contribution in [2.24, 2.45) is 5.92 Å². The molecule has 2 atom stereocenters. The van der Waals surface area contributed by atoms with Gasteiger partial charge < -0.3 is 9.80 Å². The van der Waals surface area contributed by atoms with E-state index in [0.29, 0.717) is 17.9 Å². The summed E-state index contributed by atoms with van der Waals surface area (Å²) in [5, 5.41) is 3.74. The Hall–Kier alpha value is -0.610. The quantitative estimate of drug-likeness (QED) is 0.837. The van der Waals surface area contributed by atoms with Crippen LogP contribution in [0.3, 0.4) is 0 Å². The smallest absolute Gasteiger partial charge is 0.244 e. The Bertz CT molecular complexity index is 376. The molecule has 4 nitrogen and oxygen atoms in total. The van der Waals surface area contributed by atoms with E-state index in [0.717, 1.165) is 25.8 Å². The molecular formula is C16H29N3O. The first kappa shape index (κ1) is 14.3. The highest BCUT2D eigenvalue weighted by Gasteiger charge is 2.54. The minimum atomic E-state index is -0.217. The van der Waals surface area contributed by atoms with Crippen LogP contribution >= 0.6 is 0 Å². The van der Waals surface area contributed by atoms with Crippen LogP contribution in [-0.2, 0) is 4.79 Å². The highest BCUT2D eigenvalue weighted by Crippen LogP contribution is 2.39. The molecule has 4 heteroatoms. The number of hydrogen-bond acceptors (Lipinski definition) is 3. The molecule has 0 aromatic carbocycles. The van der Waals surface area contributed by atoms with Gasteiger partial charge in [0.1, 0.15) is 0 Å². The number of likely N-dealkylation sites (tertiary alicyclic amines) is 1. The van der Waals surface area contributed by atoms with E-state index in [1.807, 2.05) is 0 Å². The van der Waals surface area contributed by atoms with E-state index in [1.165, 1.54) is 25.8 Å². The maximum absolute atomic E-state index is 13.1. The number of carbonyl (C=O) groups excluding carboxylic acids is 1. The number of amides is 1. The zero-order valence-corrected chi connectivity index (χ0v) is 13.2. The summed E-state index contributed by atoms with van der Waals surface area (Å²) >= 11 is 0. The zero-order chi connectivity index (χ0) is 14.3. The number of rotatable bonds is 2. The maximum atomic E-state index is 13.1. The molecule has 2 aliphatic heterocycles. The van der Waals surface area contributed by atoms with Crippen molar-refractivity contribution in [1.82, 2.24) is 15.1 Å². The number of hydrogen-bond donors (Lipinski definition) is 1. The third-order valence-corrected chi connectivity index (χ3v) is 5.45. The van der Waals surface area contributed by atoms with E-state index in [1.54, 1.807) is 0 Å². The van der Waals surface area contributed by atoms with Gasteiger partial charge in [-0.2, -0.15) is 0 Å². The Morgan fingerprint density at radius 2 is 1.95 bits per heavy atom. The number of likely N-dealkylation sites (N-methyl/N-ethyl adjacent to an activating group) is 1. The topological polar surface area (TPSA) is 35.6 Å². The van der Waals surface area contributed by atoms with Gasteiger partial charge >= 0.3 is 0 Å². The molecule has 0 bridgehead atoms. The van der Waals surface area contributed by atoms with Crippen molar-refractivity contribution in [3.05, 3.63) is 0 Å². The van der Waals surface area contributed by atoms with Crippen molar-refractivity contribution in [2.75, 3.05) is 20.1 Å². The van der Waals surface area contributed by atoms with Crippen molar-refractivity contribution >= 4 is 5.91 Å². The van der Waals surface area contributed by atoms with Crippen molar-refractivity contribution in [3.63, 3.8) is 0 Å². The van der Waals surface area contributed by atoms with E-state index in [9.17, 15) is 4.79 Å². The van der Waals surface area contributed by atoms with E-state index in [4.69, 9.17) is 0 Å². The van der Waals surface area contributed by atoms with Crippen LogP contribution in [-0.4, -0.2) is 53.6 Å². The van der Waals surface area contributed by atoms with Crippen LogP contribution in [0.25, 0.3) is 0 Å². The highest BCUT2D eigenvalue weighted by molar-refractivity contribution is 5.89. The van der Waals surface area contributed by atoms with Crippen LogP contribution < -0.4 is 5.32 Å². The van der Waals surface area contributed by atoms with Crippen LogP contribution in [0.2, 0.25) is 0 Å². The van der Waals surface area contributed by atoms with Crippen LogP contribution in [0.1, 0.15) is 52.4 Å². The molecule has 0 radical (unpaired) electrons. The van der Waals surface area contributed by atoms with Gasteiger partial charge in [-0.15, -0.1) is 0 Å². The van der Waals surface area contributed by atoms with Gasteiger partial charge in [-0.3, -0.25) is 10.1 Å². The summed E-state index contributed by atoms with van der Waals surface area (Å²) < 4.78 is 0. The lowest BCUT2D eigenvalue weighted by molar-refractivity contribution is -0.136. The number of carbonyl (C=O) groups is 1. The maximum Gasteiger partial charge on any atom is 0.244 e. The van der Waals surface area contributed by atoms with Crippen LogP contribution in [0, 0.1) is 5.92 Å². The minimum Gasteiger partial charge on any atom is -0.321 e. The first-order chi connectivity index (χ1) is 9.53. The van der Waals surface area contributed by atoms with E-state index in [2.05, 4.69) is 36.0 Å². The number of nitrogens with one attached hydrogen (secondary N) is 1. The normalized spacial score (nSPS) is 34.6. The highest BCUT2D eigenvalue weighted by atomic mass is 16.2. The molecule has 1 saturated carbocycles. The summed E-state index contributed by atoms with van der Waals surface area (Å²) in [4.78, 5) is 17.7. The summed E-state index contributed by atoms with van der Waals surface area (Å²) in [6.07, 6.45) is 7.07. The van der Waals surface area contributed by atoms with Crippen molar-refractivity contribution in [1.29, 1.82) is 0 Å². The molecule has 114 valence electrons. The molecule has 2 heterocycles. The SMILES string of the molecule is CC(C)C1NC2(CCCC2)C(=O)N1C1CCCN(C)C1. The van der Waals surface area contributed by atoms with E-state index >= 15 is 0 Å². The lowest BCUT2D eigenvalue weighted by Gasteiger charge is -2.39. The molecule has 1 spiro atoms. The molecule has 20 heavy (non-hydrogen) atoms. The summed E-state index contributed by atoms with van der Waals surface area (Å²) in [6, 6.07) is 0.404. The summed E-state index contributed by atoms with van der Waals surface area (Å²) in [5.41, 5.74) is -0.217. The van der Waals surface area contributed by atoms with Gasteiger partial charge in [0, 0.05) is 12.6 Å². The van der Waals surface area contributed by atoms with E-state index in [-0.39, 0.29) is 11.7 Å². The van der Waals surface area contributed by atoms with Gasteiger partial charge in [0.2, 0.25) is 5.91 Å². The summed E-state index contributed by atoms with van der Waals surface area (Å²) in [5.74, 6) is 0.875. The Morgan fingerprint density at radius 1 is 1.25 bits per heavy atom. The van der Waals surface area contributed by atoms with Gasteiger partial charge in [0.05, 0.1) is 11.7 Å². The molecule has 0 aromatic heterocycles. The Kier molecular flexibility index (Phi) is 3.80. The fraction of sp³-hybridized carbons (Fsp3) is 0.938. The van der Waals surface area contributed by atoms with Crippen LogP contribution in [0.4, 0.5) is 0 Å². The zero-order valence-electron chi connectivity index (χ0n) is 13.2. The molecule has 3 aliphatic rings. The standard InChI is InChI=1S/C16H29N3O/c1-12(2)14-17-16(8-4-5-9-16)15(20)19(14)13-7-6-10-18(3)11-13/h12-14,17H,4-11H2,1-3H3. The summed E-state index contributed by atoms with van der Waals surface area (Å²) in [6.45, 7) is 6.67. The monoisotopic (exact) mass is 279 g/mol. The average Bonchev–Trinajstić information content (AvgIpc) is 2.98. The van der Waals surface area contributed by atoms with Gasteiger partial charge in [-0.1, -0.05) is 26.7 Å². The van der Waals surface area contributed by atoms with Gasteiger partial charge in [-0.25, -0.2) is 0 Å². The minimum absolute atomic E-state index is 0.217. The molecule has 3 rings (SSSR count). The molecule has 1 aliphatic carbocycles. The van der Waals surface area contributed by atoms with Gasteiger partial charge in [0.15, 0.2) is 0 Å². The molecule has 1 N–H and O–H groups in total. The fourth-order valence-corrected chi connectivity index (χ4v) is 4.37. The lowest BCUT2D eigenvalue weighted by Crippen LogP contribution is -2.53. The third-order valence-electron chi connectivity index (χ3n) is 5.45. The Morgan fingerprint density at radius 3 is 2.55 bits per heavy atom. The lowest BCUT2D eigenvalue weighted by atomic mass is 9.96. The summed E-state index contributed by atoms with van der Waals surface area (Å²) in [7, 11) is 2.18. The predicted molar refractivity (Wildman–Crippen MR) is 80.3 cm³/mol. The van der Waals surface area contributed by atoms with Crippen LogP contribution in [0.5, 0.6) is 0 Å². The second kappa shape index (κ2) is 5.30. The second-order valence-electron chi connectivity index (χ2n) is 7.39. The fourth-order valence-electron chi connectivity index (χ4n) is 4.37. The Balaban J connectivity index is 1.84. The first-order valence-corrected chi connectivity index (χ1v) is 8.32. The number of piperidine rings is 1. The number of nitrogens with zero attached hydrogens (tertiary/aromatic N) is 2. The molecule has 0 aromatic rings. The molecule has 2 saturated heterocycles. The second-order valence-corrected chi connectivity index (χ2v) is 7.39. The first-order valence-electron chi connectivity index (χ1n) is 8.32. The van der Waals surface area contributed by atoms with E-state index < -0.39 is 0 Å².